The lowest BCUT2D eigenvalue weighted by atomic mass is 9.86. The van der Waals surface area contributed by atoms with Gasteiger partial charge in [0.25, 0.3) is 5.91 Å². The van der Waals surface area contributed by atoms with Crippen LogP contribution >= 0.6 is 0 Å². The van der Waals surface area contributed by atoms with Crippen LogP contribution in [0.4, 0.5) is 23.3 Å². The van der Waals surface area contributed by atoms with Crippen LogP contribution in [0.5, 0.6) is 5.75 Å². The SMILES string of the molecule is CN(C)CCCOc1ccc(Nc2nc(N)nc(-c3cccc(NC(=O)c4ccc(C(C)(C)C)cc4)c3CO)n2)cc1. The minimum absolute atomic E-state index is 0.0145. The molecule has 0 fully saturated rings. The number of nitrogens with two attached hydrogens (primary N) is 1. The van der Waals surface area contributed by atoms with E-state index in [-0.39, 0.29) is 35.7 Å². The number of nitrogens with zero attached hydrogens (tertiary/aromatic N) is 4. The number of hydrogen-bond acceptors (Lipinski definition) is 9. The van der Waals surface area contributed by atoms with Gasteiger partial charge in [-0.1, -0.05) is 45.0 Å². The summed E-state index contributed by atoms with van der Waals surface area (Å²) in [6, 6.07) is 20.2. The van der Waals surface area contributed by atoms with E-state index in [9.17, 15) is 9.90 Å². The molecule has 10 nitrogen and oxygen atoms in total. The first-order chi connectivity index (χ1) is 20.0. The van der Waals surface area contributed by atoms with Crippen LogP contribution in [0.25, 0.3) is 11.4 Å². The van der Waals surface area contributed by atoms with Crippen LogP contribution in [0.1, 0.15) is 48.7 Å². The lowest BCUT2D eigenvalue weighted by Crippen LogP contribution is -2.15. The van der Waals surface area contributed by atoms with E-state index in [2.05, 4.69) is 51.3 Å². The van der Waals surface area contributed by atoms with E-state index in [0.29, 0.717) is 29.0 Å². The number of nitrogens with one attached hydrogen (secondary N) is 2. The Morgan fingerprint density at radius 1 is 0.976 bits per heavy atom. The molecule has 0 aliphatic heterocycles. The molecule has 0 spiro atoms. The minimum atomic E-state index is -0.348. The Balaban J connectivity index is 1.51. The third-order valence-electron chi connectivity index (χ3n) is 6.62. The Morgan fingerprint density at radius 3 is 2.33 bits per heavy atom. The van der Waals surface area contributed by atoms with Crippen LogP contribution in [0.2, 0.25) is 0 Å². The topological polar surface area (TPSA) is 139 Å². The zero-order valence-electron chi connectivity index (χ0n) is 24.8. The van der Waals surface area contributed by atoms with Crippen molar-refractivity contribution in [3.63, 3.8) is 0 Å². The Morgan fingerprint density at radius 2 is 1.69 bits per heavy atom. The highest BCUT2D eigenvalue weighted by Crippen LogP contribution is 2.30. The van der Waals surface area contributed by atoms with Gasteiger partial charge >= 0.3 is 0 Å². The van der Waals surface area contributed by atoms with Crippen LogP contribution < -0.4 is 21.1 Å². The average molecular weight is 570 g/mol. The maximum atomic E-state index is 13.1. The predicted octanol–water partition coefficient (Wildman–Crippen LogP) is 5.24. The highest BCUT2D eigenvalue weighted by atomic mass is 16.5. The minimum Gasteiger partial charge on any atom is -0.494 e. The van der Waals surface area contributed by atoms with Crippen molar-refractivity contribution in [3.8, 4) is 17.1 Å². The third-order valence-corrected chi connectivity index (χ3v) is 6.62. The van der Waals surface area contributed by atoms with Gasteiger partial charge in [-0.05, 0) is 74.0 Å². The van der Waals surface area contributed by atoms with Gasteiger partial charge in [0.2, 0.25) is 11.9 Å². The normalized spacial score (nSPS) is 11.4. The zero-order valence-corrected chi connectivity index (χ0v) is 24.8. The maximum absolute atomic E-state index is 13.1. The third kappa shape index (κ3) is 8.02. The van der Waals surface area contributed by atoms with E-state index in [1.54, 1.807) is 30.3 Å². The summed E-state index contributed by atoms with van der Waals surface area (Å²) in [5, 5.41) is 16.4. The van der Waals surface area contributed by atoms with E-state index in [4.69, 9.17) is 10.5 Å². The van der Waals surface area contributed by atoms with Gasteiger partial charge in [0, 0.05) is 34.6 Å². The molecule has 0 radical (unpaired) electrons. The number of anilines is 4. The molecule has 5 N–H and O–H groups in total. The molecular formula is C32H39N7O3. The second-order valence-electron chi connectivity index (χ2n) is 11.3. The molecule has 3 aromatic carbocycles. The first kappa shape index (κ1) is 30.4. The second-order valence-corrected chi connectivity index (χ2v) is 11.3. The number of aliphatic hydroxyl groups is 1. The number of nitrogen functional groups attached to an aromatic ring is 1. The van der Waals surface area contributed by atoms with Crippen molar-refractivity contribution in [3.05, 3.63) is 83.4 Å². The fraction of sp³-hybridized carbons (Fsp3) is 0.312. The number of carbonyl (C=O) groups excluding carboxylic acids is 1. The van der Waals surface area contributed by atoms with Gasteiger partial charge < -0.3 is 31.1 Å². The monoisotopic (exact) mass is 569 g/mol. The summed E-state index contributed by atoms with van der Waals surface area (Å²) in [4.78, 5) is 28.2. The number of hydrogen-bond donors (Lipinski definition) is 4. The number of benzene rings is 3. The standard InChI is InChI=1S/C32H39N7O3/c1-32(2,3)22-12-10-21(11-13-22)29(41)35-27-9-6-8-25(26(27)20-40)28-36-30(33)38-31(37-28)34-23-14-16-24(17-15-23)42-19-7-18-39(4)5/h6,8-17,40H,7,18-20H2,1-5H3,(H,35,41)(H3,33,34,36,37,38). The molecule has 1 aromatic heterocycles. The molecule has 220 valence electrons. The fourth-order valence-electron chi connectivity index (χ4n) is 4.30. The maximum Gasteiger partial charge on any atom is 0.255 e. The van der Waals surface area contributed by atoms with Crippen LogP contribution in [-0.4, -0.2) is 58.1 Å². The van der Waals surface area contributed by atoms with Crippen molar-refractivity contribution in [2.75, 3.05) is 43.6 Å². The molecule has 0 saturated carbocycles. The van der Waals surface area contributed by atoms with E-state index >= 15 is 0 Å². The van der Waals surface area contributed by atoms with Crippen LogP contribution in [0, 0.1) is 0 Å². The number of aromatic nitrogens is 3. The number of ether oxygens (including phenoxy) is 1. The van der Waals surface area contributed by atoms with Crippen molar-refractivity contribution < 1.29 is 14.6 Å². The molecule has 0 aliphatic carbocycles. The molecule has 1 heterocycles. The molecule has 0 saturated heterocycles. The summed E-state index contributed by atoms with van der Waals surface area (Å²) >= 11 is 0. The summed E-state index contributed by atoms with van der Waals surface area (Å²) in [5.41, 5.74) is 9.85. The van der Waals surface area contributed by atoms with Gasteiger partial charge in [-0.25, -0.2) is 0 Å². The second kappa shape index (κ2) is 13.4. The van der Waals surface area contributed by atoms with Crippen molar-refractivity contribution >= 4 is 29.2 Å². The molecule has 0 bridgehead atoms. The summed E-state index contributed by atoms with van der Waals surface area (Å²) in [6.45, 7) is 7.61. The molecule has 0 atom stereocenters. The molecule has 0 aliphatic rings. The number of carbonyl (C=O) groups is 1. The molecule has 4 rings (SSSR count). The average Bonchev–Trinajstić information content (AvgIpc) is 2.95. The quantitative estimate of drug-likeness (QED) is 0.179. The largest absolute Gasteiger partial charge is 0.494 e. The van der Waals surface area contributed by atoms with Crippen LogP contribution in [0.3, 0.4) is 0 Å². The summed E-state index contributed by atoms with van der Waals surface area (Å²) in [7, 11) is 4.07. The van der Waals surface area contributed by atoms with Gasteiger partial charge in [0.1, 0.15) is 5.75 Å². The van der Waals surface area contributed by atoms with Crippen LogP contribution in [-0.2, 0) is 12.0 Å². The van der Waals surface area contributed by atoms with Crippen molar-refractivity contribution in [2.45, 2.75) is 39.2 Å². The van der Waals surface area contributed by atoms with Gasteiger partial charge in [-0.3, -0.25) is 4.79 Å². The van der Waals surface area contributed by atoms with E-state index < -0.39 is 0 Å². The predicted molar refractivity (Wildman–Crippen MR) is 167 cm³/mol. The molecule has 42 heavy (non-hydrogen) atoms. The van der Waals surface area contributed by atoms with E-state index in [1.807, 2.05) is 50.5 Å². The van der Waals surface area contributed by atoms with Gasteiger partial charge in [0.05, 0.1) is 13.2 Å². The Kier molecular flexibility index (Phi) is 9.72. The number of aliphatic hydroxyl groups excluding tert-OH is 1. The summed E-state index contributed by atoms with van der Waals surface area (Å²) in [6.07, 6.45) is 0.936. The number of amides is 1. The molecule has 1 amide bonds. The lowest BCUT2D eigenvalue weighted by Gasteiger charge is -2.19. The highest BCUT2D eigenvalue weighted by Gasteiger charge is 2.18. The van der Waals surface area contributed by atoms with Crippen molar-refractivity contribution in [2.24, 2.45) is 0 Å². The summed E-state index contributed by atoms with van der Waals surface area (Å²) in [5.74, 6) is 1.01. The van der Waals surface area contributed by atoms with Gasteiger partial charge in [-0.2, -0.15) is 15.0 Å². The van der Waals surface area contributed by atoms with E-state index in [0.717, 1.165) is 30.0 Å². The van der Waals surface area contributed by atoms with Crippen molar-refractivity contribution in [1.82, 2.24) is 19.9 Å². The lowest BCUT2D eigenvalue weighted by molar-refractivity contribution is 0.102. The van der Waals surface area contributed by atoms with Gasteiger partial charge in [0.15, 0.2) is 5.82 Å². The number of rotatable bonds is 11. The molecule has 10 heteroatoms. The summed E-state index contributed by atoms with van der Waals surface area (Å²) < 4.78 is 5.80. The first-order valence-electron chi connectivity index (χ1n) is 13.8. The highest BCUT2D eigenvalue weighted by molar-refractivity contribution is 6.05. The van der Waals surface area contributed by atoms with E-state index in [1.165, 1.54) is 0 Å². The molecular weight excluding hydrogens is 530 g/mol. The first-order valence-corrected chi connectivity index (χ1v) is 13.8. The molecule has 0 unspecified atom stereocenters. The Bertz CT molecular complexity index is 1500. The van der Waals surface area contributed by atoms with Gasteiger partial charge in [-0.15, -0.1) is 0 Å². The Labute approximate surface area is 247 Å². The molecule has 4 aromatic rings. The van der Waals surface area contributed by atoms with Crippen molar-refractivity contribution in [1.29, 1.82) is 0 Å². The van der Waals surface area contributed by atoms with Crippen LogP contribution in [0.15, 0.2) is 66.7 Å². The fourth-order valence-corrected chi connectivity index (χ4v) is 4.30. The smallest absolute Gasteiger partial charge is 0.255 e. The zero-order chi connectivity index (χ0) is 30.3. The Hall–Kier alpha value is -4.54.